The predicted molar refractivity (Wildman–Crippen MR) is 127 cm³/mol. The quantitative estimate of drug-likeness (QED) is 0.422. The second-order valence-corrected chi connectivity index (χ2v) is 11.5. The topological polar surface area (TPSA) is 125 Å². The van der Waals surface area contributed by atoms with Gasteiger partial charge < -0.3 is 14.7 Å². The lowest BCUT2D eigenvalue weighted by Gasteiger charge is -2.26. The number of carbonyl (C=O) groups is 3. The molecule has 1 aliphatic heterocycles. The van der Waals surface area contributed by atoms with Crippen molar-refractivity contribution in [1.82, 2.24) is 14.1 Å². The van der Waals surface area contributed by atoms with Gasteiger partial charge >= 0.3 is 12.0 Å². The molecule has 0 aliphatic carbocycles. The van der Waals surface area contributed by atoms with Crippen molar-refractivity contribution in [1.29, 1.82) is 0 Å². The van der Waals surface area contributed by atoms with Crippen LogP contribution in [0.1, 0.15) is 33.6 Å². The lowest BCUT2D eigenvalue weighted by Crippen LogP contribution is -2.42. The van der Waals surface area contributed by atoms with Crippen LogP contribution in [0.3, 0.4) is 0 Å². The summed E-state index contributed by atoms with van der Waals surface area (Å²) in [5, 5.41) is 10.1. The Morgan fingerprint density at radius 2 is 1.82 bits per heavy atom. The molecule has 0 bridgehead atoms. The number of rotatable bonds is 12. The molecular formula is C22H32ClN3O7S. The molecule has 34 heavy (non-hydrogen) atoms. The van der Waals surface area contributed by atoms with Crippen LogP contribution in [-0.4, -0.2) is 90.1 Å². The van der Waals surface area contributed by atoms with Crippen LogP contribution in [0.15, 0.2) is 24.3 Å². The zero-order chi connectivity index (χ0) is 25.8. The summed E-state index contributed by atoms with van der Waals surface area (Å²) >= 11 is 5.84. The van der Waals surface area contributed by atoms with Gasteiger partial charge in [0.15, 0.2) is 0 Å². The third-order valence-corrected chi connectivity index (χ3v) is 8.50. The average Bonchev–Trinajstić information content (AvgIpc) is 2.91. The SMILES string of the molecule is CC(COc1ccc(Cl)cc1)N(C)S(=O)(=O)CC(CCCN1C(=O)N(C)C(C)(C)C1=O)C(=O)O. The summed E-state index contributed by atoms with van der Waals surface area (Å²) in [6.45, 7) is 5.02. The second kappa shape index (κ2) is 10.9. The fourth-order valence-electron chi connectivity index (χ4n) is 3.45. The first kappa shape index (κ1) is 27.9. The van der Waals surface area contributed by atoms with E-state index >= 15 is 0 Å². The van der Waals surface area contributed by atoms with E-state index in [1.807, 2.05) is 0 Å². The number of nitrogens with zero attached hydrogens (tertiary/aromatic N) is 3. The highest BCUT2D eigenvalue weighted by atomic mass is 35.5. The number of carboxylic acids is 1. The third-order valence-electron chi connectivity index (χ3n) is 6.18. The zero-order valence-electron chi connectivity index (χ0n) is 20.0. The van der Waals surface area contributed by atoms with Gasteiger partial charge in [-0.05, 0) is 57.9 Å². The van der Waals surface area contributed by atoms with Crippen LogP contribution < -0.4 is 4.74 Å². The Hall–Kier alpha value is -2.37. The summed E-state index contributed by atoms with van der Waals surface area (Å²) in [7, 11) is -1.01. The van der Waals surface area contributed by atoms with E-state index in [4.69, 9.17) is 16.3 Å². The first-order valence-corrected chi connectivity index (χ1v) is 12.8. The number of urea groups is 1. The fraction of sp³-hybridized carbons (Fsp3) is 0.591. The van der Waals surface area contributed by atoms with Gasteiger partial charge in [0.05, 0.1) is 17.7 Å². The molecular weight excluding hydrogens is 486 g/mol. The van der Waals surface area contributed by atoms with Gasteiger partial charge in [0.1, 0.15) is 17.9 Å². The van der Waals surface area contributed by atoms with E-state index in [-0.39, 0.29) is 31.9 Å². The van der Waals surface area contributed by atoms with Crippen LogP contribution in [0, 0.1) is 5.92 Å². The average molecular weight is 518 g/mol. The minimum absolute atomic E-state index is 0.000732. The summed E-state index contributed by atoms with van der Waals surface area (Å²) < 4.78 is 32.4. The molecule has 0 radical (unpaired) electrons. The molecule has 1 N–H and O–H groups in total. The first-order chi connectivity index (χ1) is 15.7. The number of carbonyl (C=O) groups excluding carboxylic acids is 2. The maximum Gasteiger partial charge on any atom is 0.327 e. The smallest absolute Gasteiger partial charge is 0.327 e. The zero-order valence-corrected chi connectivity index (χ0v) is 21.6. The van der Waals surface area contributed by atoms with Gasteiger partial charge in [0.25, 0.3) is 5.91 Å². The highest BCUT2D eigenvalue weighted by Crippen LogP contribution is 2.26. The highest BCUT2D eigenvalue weighted by Gasteiger charge is 2.48. The molecule has 0 aromatic heterocycles. The van der Waals surface area contributed by atoms with Crippen molar-refractivity contribution in [3.05, 3.63) is 29.3 Å². The number of ether oxygens (including phenoxy) is 1. The largest absolute Gasteiger partial charge is 0.492 e. The van der Waals surface area contributed by atoms with Crippen LogP contribution in [0.5, 0.6) is 5.75 Å². The number of hydrogen-bond donors (Lipinski definition) is 1. The molecule has 190 valence electrons. The molecule has 3 amide bonds. The highest BCUT2D eigenvalue weighted by molar-refractivity contribution is 7.89. The number of imide groups is 1. The third kappa shape index (κ3) is 6.39. The van der Waals surface area contributed by atoms with Gasteiger partial charge in [-0.15, -0.1) is 0 Å². The summed E-state index contributed by atoms with van der Waals surface area (Å²) in [6.07, 6.45) is 0.173. The number of likely N-dealkylation sites (N-methyl/N-ethyl adjacent to an activating group) is 2. The number of sulfonamides is 1. The normalized spacial score (nSPS) is 17.9. The van der Waals surface area contributed by atoms with Gasteiger partial charge in [-0.1, -0.05) is 11.6 Å². The minimum atomic E-state index is -3.92. The number of amides is 3. The Bertz CT molecular complexity index is 1010. The van der Waals surface area contributed by atoms with Crippen molar-refractivity contribution in [3.63, 3.8) is 0 Å². The van der Waals surface area contributed by atoms with Gasteiger partial charge in [-0.25, -0.2) is 13.2 Å². The molecule has 12 heteroatoms. The van der Waals surface area contributed by atoms with Gasteiger partial charge in [-0.3, -0.25) is 14.5 Å². The number of aliphatic carboxylic acids is 1. The van der Waals surface area contributed by atoms with Crippen LogP contribution in [0.25, 0.3) is 0 Å². The summed E-state index contributed by atoms with van der Waals surface area (Å²) in [5.74, 6) is -2.87. The predicted octanol–water partition coefficient (Wildman–Crippen LogP) is 2.52. The lowest BCUT2D eigenvalue weighted by molar-refractivity contribution is -0.141. The van der Waals surface area contributed by atoms with E-state index < -0.39 is 45.3 Å². The van der Waals surface area contributed by atoms with Crippen molar-refractivity contribution >= 4 is 39.5 Å². The summed E-state index contributed by atoms with van der Waals surface area (Å²) in [5.41, 5.74) is -0.973. The maximum atomic E-state index is 12.9. The van der Waals surface area contributed by atoms with E-state index in [9.17, 15) is 27.9 Å². The minimum Gasteiger partial charge on any atom is -0.492 e. The maximum absolute atomic E-state index is 12.9. The van der Waals surface area contributed by atoms with E-state index in [1.165, 1.54) is 19.0 Å². The van der Waals surface area contributed by atoms with Crippen molar-refractivity contribution in [2.45, 2.75) is 45.2 Å². The Kier molecular flexibility index (Phi) is 8.95. The second-order valence-electron chi connectivity index (χ2n) is 8.94. The van der Waals surface area contributed by atoms with Crippen LogP contribution >= 0.6 is 11.6 Å². The van der Waals surface area contributed by atoms with Crippen LogP contribution in [0.4, 0.5) is 4.79 Å². The molecule has 2 rings (SSSR count). The van der Waals surface area contributed by atoms with E-state index in [0.717, 1.165) is 9.21 Å². The monoisotopic (exact) mass is 517 g/mol. The van der Waals surface area contributed by atoms with Gasteiger partial charge in [-0.2, -0.15) is 4.31 Å². The molecule has 2 atom stereocenters. The molecule has 1 aromatic carbocycles. The van der Waals surface area contributed by atoms with Crippen molar-refractivity contribution in [2.24, 2.45) is 5.92 Å². The number of benzene rings is 1. The van der Waals surface area contributed by atoms with Crippen molar-refractivity contribution in [3.8, 4) is 5.75 Å². The number of hydrogen-bond acceptors (Lipinski definition) is 6. The summed E-state index contributed by atoms with van der Waals surface area (Å²) in [6, 6.07) is 5.64. The fourth-order valence-corrected chi connectivity index (χ4v) is 5.24. The Labute approximate surface area is 205 Å². The van der Waals surface area contributed by atoms with Crippen molar-refractivity contribution in [2.75, 3.05) is 33.0 Å². The molecule has 1 fully saturated rings. The number of halogens is 1. The molecule has 0 spiro atoms. The van der Waals surface area contributed by atoms with Crippen LogP contribution in [-0.2, 0) is 19.6 Å². The van der Waals surface area contributed by atoms with Crippen molar-refractivity contribution < 1.29 is 32.6 Å². The molecule has 1 aromatic rings. The Morgan fingerprint density at radius 3 is 2.32 bits per heavy atom. The van der Waals surface area contributed by atoms with Gasteiger partial charge in [0, 0.05) is 25.7 Å². The standard InChI is InChI=1S/C22H32ClN3O7S/c1-15(13-33-18-10-8-17(23)9-11-18)25(5)34(31,32)14-16(19(27)28)7-6-12-26-20(29)22(2,3)24(4)21(26)30/h8-11,15-16H,6-7,12-14H2,1-5H3,(H,27,28). The Morgan fingerprint density at radius 1 is 1.24 bits per heavy atom. The first-order valence-electron chi connectivity index (χ1n) is 10.8. The lowest BCUT2D eigenvalue weighted by atomic mass is 10.0. The Balaban J connectivity index is 1.93. The molecule has 1 saturated heterocycles. The summed E-state index contributed by atoms with van der Waals surface area (Å²) in [4.78, 5) is 38.9. The van der Waals surface area contributed by atoms with E-state index in [2.05, 4.69) is 0 Å². The molecule has 0 saturated carbocycles. The molecule has 10 nitrogen and oxygen atoms in total. The molecule has 1 heterocycles. The molecule has 1 aliphatic rings. The van der Waals surface area contributed by atoms with E-state index in [0.29, 0.717) is 10.8 Å². The number of carboxylic acid groups (broad SMARTS) is 1. The van der Waals surface area contributed by atoms with Gasteiger partial charge in [0.2, 0.25) is 10.0 Å². The molecule has 2 unspecified atom stereocenters. The van der Waals surface area contributed by atoms with Crippen LogP contribution in [0.2, 0.25) is 5.02 Å². The van der Waals surface area contributed by atoms with E-state index in [1.54, 1.807) is 45.0 Å².